The number of halogens is 1. The SMILES string of the molecule is Cc1ccc(-c2nn(-c3cccc(F)c3)cc2CNCc2n[nH]c3c2CCC3)o1. The van der Waals surface area contributed by atoms with E-state index in [2.05, 4.69) is 20.6 Å². The second-order valence-electron chi connectivity index (χ2n) is 7.42. The third-order valence-electron chi connectivity index (χ3n) is 5.34. The van der Waals surface area contributed by atoms with Gasteiger partial charge < -0.3 is 9.73 Å². The molecule has 0 aliphatic heterocycles. The molecule has 3 heterocycles. The van der Waals surface area contributed by atoms with Crippen molar-refractivity contribution in [3.05, 3.63) is 76.7 Å². The standard InChI is InChI=1S/C22H22FN5O/c1-14-8-9-21(29-14)22-15(13-28(27-22)17-5-2-4-16(23)10-17)11-24-12-20-18-6-3-7-19(18)25-26-20/h2,4-5,8-10,13,24H,3,6-7,11-12H2,1H3,(H,25,26). The van der Waals surface area contributed by atoms with Crippen molar-refractivity contribution in [2.45, 2.75) is 39.3 Å². The molecule has 0 spiro atoms. The third kappa shape index (κ3) is 3.49. The van der Waals surface area contributed by atoms with Gasteiger partial charge in [-0.15, -0.1) is 0 Å². The van der Waals surface area contributed by atoms with Crippen LogP contribution in [0, 0.1) is 12.7 Å². The molecule has 29 heavy (non-hydrogen) atoms. The van der Waals surface area contributed by atoms with Crippen LogP contribution in [0.1, 0.15) is 34.7 Å². The molecule has 0 amide bonds. The highest BCUT2D eigenvalue weighted by atomic mass is 19.1. The van der Waals surface area contributed by atoms with E-state index in [1.807, 2.05) is 31.3 Å². The van der Waals surface area contributed by atoms with Crippen molar-refractivity contribution in [2.24, 2.45) is 0 Å². The lowest BCUT2D eigenvalue weighted by Gasteiger charge is -2.04. The predicted octanol–water partition coefficient (Wildman–Crippen LogP) is 4.08. The first kappa shape index (κ1) is 17.9. The van der Waals surface area contributed by atoms with E-state index < -0.39 is 0 Å². The molecule has 0 radical (unpaired) electrons. The molecule has 0 saturated heterocycles. The van der Waals surface area contributed by atoms with E-state index in [0.717, 1.165) is 35.6 Å². The summed E-state index contributed by atoms with van der Waals surface area (Å²) in [4.78, 5) is 0. The van der Waals surface area contributed by atoms with Crippen LogP contribution in [0.25, 0.3) is 17.1 Å². The number of rotatable bonds is 6. The van der Waals surface area contributed by atoms with Crippen LogP contribution in [0.5, 0.6) is 0 Å². The zero-order chi connectivity index (χ0) is 19.8. The topological polar surface area (TPSA) is 71.7 Å². The molecule has 0 saturated carbocycles. The van der Waals surface area contributed by atoms with Gasteiger partial charge in [0.1, 0.15) is 17.3 Å². The molecule has 1 aromatic carbocycles. The van der Waals surface area contributed by atoms with Crippen molar-refractivity contribution in [3.63, 3.8) is 0 Å². The van der Waals surface area contributed by atoms with Gasteiger partial charge in [-0.2, -0.15) is 10.2 Å². The Hall–Kier alpha value is -3.19. The van der Waals surface area contributed by atoms with Gasteiger partial charge in [0.25, 0.3) is 0 Å². The molecule has 1 aliphatic carbocycles. The Morgan fingerprint density at radius 2 is 2.14 bits per heavy atom. The number of aryl methyl sites for hydroxylation is 2. The van der Waals surface area contributed by atoms with Gasteiger partial charge in [-0.05, 0) is 62.1 Å². The van der Waals surface area contributed by atoms with E-state index in [9.17, 15) is 4.39 Å². The Morgan fingerprint density at radius 1 is 1.21 bits per heavy atom. The summed E-state index contributed by atoms with van der Waals surface area (Å²) in [5, 5.41) is 15.7. The van der Waals surface area contributed by atoms with Crippen LogP contribution >= 0.6 is 0 Å². The van der Waals surface area contributed by atoms with Crippen LogP contribution in [-0.4, -0.2) is 20.0 Å². The number of fused-ring (bicyclic) bond motifs is 1. The third-order valence-corrected chi connectivity index (χ3v) is 5.34. The van der Waals surface area contributed by atoms with Gasteiger partial charge in [-0.25, -0.2) is 9.07 Å². The van der Waals surface area contributed by atoms with Crippen molar-refractivity contribution in [1.82, 2.24) is 25.3 Å². The van der Waals surface area contributed by atoms with Crippen molar-refractivity contribution in [3.8, 4) is 17.1 Å². The molecule has 5 rings (SSSR count). The highest BCUT2D eigenvalue weighted by molar-refractivity contribution is 5.58. The molecule has 0 bridgehead atoms. The average molecular weight is 391 g/mol. The quantitative estimate of drug-likeness (QED) is 0.520. The van der Waals surface area contributed by atoms with E-state index in [1.54, 1.807) is 10.7 Å². The van der Waals surface area contributed by atoms with Crippen molar-refractivity contribution in [2.75, 3.05) is 0 Å². The molecule has 0 unspecified atom stereocenters. The number of furan rings is 1. The summed E-state index contributed by atoms with van der Waals surface area (Å²) in [6.07, 6.45) is 5.30. The van der Waals surface area contributed by atoms with Gasteiger partial charge in [-0.1, -0.05) is 6.07 Å². The molecular weight excluding hydrogens is 369 g/mol. The first-order chi connectivity index (χ1) is 14.2. The Kier molecular flexibility index (Phi) is 4.52. The zero-order valence-corrected chi connectivity index (χ0v) is 16.2. The fourth-order valence-corrected chi connectivity index (χ4v) is 3.91. The fourth-order valence-electron chi connectivity index (χ4n) is 3.91. The first-order valence-corrected chi connectivity index (χ1v) is 9.84. The molecule has 6 nitrogen and oxygen atoms in total. The smallest absolute Gasteiger partial charge is 0.154 e. The summed E-state index contributed by atoms with van der Waals surface area (Å²) in [5.74, 6) is 1.24. The summed E-state index contributed by atoms with van der Waals surface area (Å²) in [6.45, 7) is 3.20. The van der Waals surface area contributed by atoms with E-state index >= 15 is 0 Å². The summed E-state index contributed by atoms with van der Waals surface area (Å²) in [7, 11) is 0. The van der Waals surface area contributed by atoms with Gasteiger partial charge >= 0.3 is 0 Å². The minimum Gasteiger partial charge on any atom is -0.460 e. The molecule has 3 aromatic heterocycles. The minimum atomic E-state index is -0.291. The number of hydrogen-bond donors (Lipinski definition) is 2. The lowest BCUT2D eigenvalue weighted by atomic mass is 10.2. The fraction of sp³-hybridized carbons (Fsp3) is 0.273. The normalized spacial score (nSPS) is 13.2. The molecule has 148 valence electrons. The Labute approximate surface area is 167 Å². The van der Waals surface area contributed by atoms with E-state index in [4.69, 9.17) is 4.42 Å². The average Bonchev–Trinajstić information content (AvgIpc) is 3.47. The molecule has 4 aromatic rings. The molecule has 1 aliphatic rings. The van der Waals surface area contributed by atoms with Gasteiger partial charge in [0.2, 0.25) is 0 Å². The number of benzene rings is 1. The number of hydrogen-bond acceptors (Lipinski definition) is 4. The number of aromatic nitrogens is 4. The molecule has 2 N–H and O–H groups in total. The summed E-state index contributed by atoms with van der Waals surface area (Å²) in [6, 6.07) is 10.2. The van der Waals surface area contributed by atoms with Crippen LogP contribution < -0.4 is 5.32 Å². The Morgan fingerprint density at radius 3 is 2.97 bits per heavy atom. The maximum absolute atomic E-state index is 13.7. The highest BCUT2D eigenvalue weighted by Crippen LogP contribution is 2.26. The monoisotopic (exact) mass is 391 g/mol. The molecule has 7 heteroatoms. The second kappa shape index (κ2) is 7.33. The summed E-state index contributed by atoms with van der Waals surface area (Å²) in [5.41, 5.74) is 6.12. The molecule has 0 atom stereocenters. The first-order valence-electron chi connectivity index (χ1n) is 9.84. The van der Waals surface area contributed by atoms with Crippen molar-refractivity contribution < 1.29 is 8.81 Å². The number of nitrogens with one attached hydrogen (secondary N) is 2. The van der Waals surface area contributed by atoms with Gasteiger partial charge in [-0.3, -0.25) is 5.10 Å². The number of H-pyrrole nitrogens is 1. The number of aromatic amines is 1. The van der Waals surface area contributed by atoms with Crippen LogP contribution in [0.4, 0.5) is 4.39 Å². The zero-order valence-electron chi connectivity index (χ0n) is 16.2. The Balaban J connectivity index is 1.41. The molecule has 0 fully saturated rings. The summed E-state index contributed by atoms with van der Waals surface area (Å²) >= 11 is 0. The van der Waals surface area contributed by atoms with Crippen molar-refractivity contribution >= 4 is 0 Å². The van der Waals surface area contributed by atoms with Crippen LogP contribution in [0.2, 0.25) is 0 Å². The van der Waals surface area contributed by atoms with Crippen LogP contribution in [-0.2, 0) is 25.9 Å². The lowest BCUT2D eigenvalue weighted by molar-refractivity contribution is 0.544. The lowest BCUT2D eigenvalue weighted by Crippen LogP contribution is -2.14. The Bertz CT molecular complexity index is 1160. The van der Waals surface area contributed by atoms with Gasteiger partial charge in [0.15, 0.2) is 5.76 Å². The van der Waals surface area contributed by atoms with Crippen LogP contribution in [0.15, 0.2) is 47.0 Å². The maximum atomic E-state index is 13.7. The van der Waals surface area contributed by atoms with Crippen LogP contribution in [0.3, 0.4) is 0 Å². The van der Waals surface area contributed by atoms with Crippen molar-refractivity contribution in [1.29, 1.82) is 0 Å². The highest BCUT2D eigenvalue weighted by Gasteiger charge is 2.19. The predicted molar refractivity (Wildman–Crippen MR) is 107 cm³/mol. The van der Waals surface area contributed by atoms with E-state index in [1.165, 1.54) is 29.8 Å². The largest absolute Gasteiger partial charge is 0.460 e. The van der Waals surface area contributed by atoms with Gasteiger partial charge in [0, 0.05) is 30.5 Å². The molecular formula is C22H22FN5O. The van der Waals surface area contributed by atoms with E-state index in [0.29, 0.717) is 24.5 Å². The maximum Gasteiger partial charge on any atom is 0.154 e. The van der Waals surface area contributed by atoms with E-state index in [-0.39, 0.29) is 5.82 Å². The van der Waals surface area contributed by atoms with Gasteiger partial charge in [0.05, 0.1) is 11.4 Å². The summed E-state index contributed by atoms with van der Waals surface area (Å²) < 4.78 is 21.2. The minimum absolute atomic E-state index is 0.291. The number of nitrogens with zero attached hydrogens (tertiary/aromatic N) is 3. The second-order valence-corrected chi connectivity index (χ2v) is 7.42.